The van der Waals surface area contributed by atoms with Crippen molar-refractivity contribution < 1.29 is 18.8 Å². The molecule has 6 heteroatoms. The van der Waals surface area contributed by atoms with Crippen LogP contribution in [0.3, 0.4) is 0 Å². The predicted octanol–water partition coefficient (Wildman–Crippen LogP) is 1.84. The Hall–Kier alpha value is -1.95. The fourth-order valence-electron chi connectivity index (χ4n) is 1.34. The van der Waals surface area contributed by atoms with Crippen LogP contribution in [0.25, 0.3) is 0 Å². The van der Waals surface area contributed by atoms with Gasteiger partial charge in [-0.3, -0.25) is 0 Å². The Labute approximate surface area is 96.8 Å². The topological polar surface area (TPSA) is 68.4 Å². The highest BCUT2D eigenvalue weighted by molar-refractivity contribution is 5.30. The van der Waals surface area contributed by atoms with Crippen molar-refractivity contribution in [1.29, 1.82) is 0 Å². The van der Waals surface area contributed by atoms with Crippen LogP contribution < -0.4 is 4.74 Å². The van der Waals surface area contributed by atoms with E-state index in [9.17, 15) is 9.50 Å². The minimum Gasteiger partial charge on any atom is -0.485 e. The van der Waals surface area contributed by atoms with Crippen molar-refractivity contribution in [3.63, 3.8) is 0 Å². The zero-order chi connectivity index (χ0) is 12.3. The number of halogens is 1. The first-order valence-electron chi connectivity index (χ1n) is 5.02. The molecule has 1 N–H and O–H groups in total. The summed E-state index contributed by atoms with van der Waals surface area (Å²) in [7, 11) is 0. The van der Waals surface area contributed by atoms with Crippen molar-refractivity contribution in [1.82, 2.24) is 10.1 Å². The van der Waals surface area contributed by atoms with Gasteiger partial charge in [0.15, 0.2) is 6.61 Å². The number of aromatic nitrogens is 2. The quantitative estimate of drug-likeness (QED) is 0.880. The van der Waals surface area contributed by atoms with Crippen LogP contribution in [0.1, 0.15) is 24.4 Å². The number of ether oxygens (including phenoxy) is 1. The van der Waals surface area contributed by atoms with E-state index in [-0.39, 0.29) is 12.2 Å². The van der Waals surface area contributed by atoms with Gasteiger partial charge in [0.2, 0.25) is 12.2 Å². The summed E-state index contributed by atoms with van der Waals surface area (Å²) in [6.07, 6.45) is 0.344. The molecular formula is C11H11FN2O3. The minimum absolute atomic E-state index is 0.101. The Bertz CT molecular complexity index is 485. The molecule has 1 atom stereocenters. The maximum Gasteiger partial charge on any atom is 0.213 e. The Balaban J connectivity index is 2.05. The second kappa shape index (κ2) is 4.92. The van der Waals surface area contributed by atoms with E-state index in [0.717, 1.165) is 0 Å². The standard InChI is InChI=1S/C11H11FN2O3/c1-7(15)9-3-2-8(4-10(9)12)16-5-11-13-6-17-14-11/h2-4,6-7,15H,5H2,1H3/t7-/m1/s1. The summed E-state index contributed by atoms with van der Waals surface area (Å²) in [6.45, 7) is 1.60. The molecule has 0 saturated carbocycles. The van der Waals surface area contributed by atoms with Crippen LogP contribution in [0.15, 0.2) is 29.1 Å². The molecule has 0 radical (unpaired) electrons. The third-order valence-electron chi connectivity index (χ3n) is 2.20. The highest BCUT2D eigenvalue weighted by atomic mass is 19.1. The van der Waals surface area contributed by atoms with Crippen molar-refractivity contribution in [2.45, 2.75) is 19.6 Å². The summed E-state index contributed by atoms with van der Waals surface area (Å²) in [4.78, 5) is 3.76. The monoisotopic (exact) mass is 238 g/mol. The predicted molar refractivity (Wildman–Crippen MR) is 55.7 cm³/mol. The van der Waals surface area contributed by atoms with E-state index < -0.39 is 11.9 Å². The van der Waals surface area contributed by atoms with E-state index in [2.05, 4.69) is 14.7 Å². The zero-order valence-electron chi connectivity index (χ0n) is 9.13. The van der Waals surface area contributed by atoms with Gasteiger partial charge in [-0.15, -0.1) is 0 Å². The van der Waals surface area contributed by atoms with Gasteiger partial charge < -0.3 is 14.4 Å². The number of hydrogen-bond acceptors (Lipinski definition) is 5. The number of nitrogens with zero attached hydrogens (tertiary/aromatic N) is 2. The molecule has 2 aromatic rings. The first-order valence-corrected chi connectivity index (χ1v) is 5.02. The Morgan fingerprint density at radius 1 is 1.53 bits per heavy atom. The van der Waals surface area contributed by atoms with Crippen molar-refractivity contribution in [3.8, 4) is 5.75 Å². The minimum atomic E-state index is -0.846. The highest BCUT2D eigenvalue weighted by Gasteiger charge is 2.09. The third kappa shape index (κ3) is 2.79. The summed E-state index contributed by atoms with van der Waals surface area (Å²) < 4.78 is 23.3. The van der Waals surface area contributed by atoms with Crippen molar-refractivity contribution in [3.05, 3.63) is 41.8 Å². The number of rotatable bonds is 4. The molecule has 0 aliphatic carbocycles. The van der Waals surface area contributed by atoms with E-state index in [0.29, 0.717) is 11.6 Å². The number of aliphatic hydroxyl groups excluding tert-OH is 1. The molecule has 0 aliphatic rings. The van der Waals surface area contributed by atoms with Gasteiger partial charge >= 0.3 is 0 Å². The van der Waals surface area contributed by atoms with E-state index in [1.165, 1.54) is 25.5 Å². The summed E-state index contributed by atoms with van der Waals surface area (Å²) in [5, 5.41) is 12.8. The lowest BCUT2D eigenvalue weighted by Gasteiger charge is -2.08. The van der Waals surface area contributed by atoms with E-state index in [4.69, 9.17) is 4.74 Å². The lowest BCUT2D eigenvalue weighted by Crippen LogP contribution is -2.00. The summed E-state index contributed by atoms with van der Waals surface area (Å²) in [6, 6.07) is 4.26. The number of hydrogen-bond donors (Lipinski definition) is 1. The van der Waals surface area contributed by atoms with Crippen LogP contribution in [0.4, 0.5) is 4.39 Å². The van der Waals surface area contributed by atoms with Gasteiger partial charge in [0, 0.05) is 11.6 Å². The number of benzene rings is 1. The highest BCUT2D eigenvalue weighted by Crippen LogP contribution is 2.22. The average Bonchev–Trinajstić information content (AvgIpc) is 2.78. The van der Waals surface area contributed by atoms with Gasteiger partial charge in [0.05, 0.1) is 6.10 Å². The fourth-order valence-corrected chi connectivity index (χ4v) is 1.34. The van der Waals surface area contributed by atoms with Crippen LogP contribution >= 0.6 is 0 Å². The van der Waals surface area contributed by atoms with Gasteiger partial charge in [-0.25, -0.2) is 4.39 Å². The molecule has 0 unspecified atom stereocenters. The molecule has 1 aromatic carbocycles. The molecule has 1 heterocycles. The maximum atomic E-state index is 13.5. The SMILES string of the molecule is C[C@@H](O)c1ccc(OCc2ncon2)cc1F. The van der Waals surface area contributed by atoms with Gasteiger partial charge in [-0.2, -0.15) is 4.98 Å². The molecule has 90 valence electrons. The maximum absolute atomic E-state index is 13.5. The van der Waals surface area contributed by atoms with E-state index >= 15 is 0 Å². The molecule has 0 aliphatic heterocycles. The lowest BCUT2D eigenvalue weighted by atomic mass is 10.1. The summed E-state index contributed by atoms with van der Waals surface area (Å²) in [5.74, 6) is 0.215. The first kappa shape index (κ1) is 11.5. The Morgan fingerprint density at radius 3 is 2.94 bits per heavy atom. The summed E-state index contributed by atoms with van der Waals surface area (Å²) >= 11 is 0. The van der Waals surface area contributed by atoms with Crippen LogP contribution in [-0.4, -0.2) is 15.2 Å². The molecule has 0 fully saturated rings. The molecule has 0 amide bonds. The van der Waals surface area contributed by atoms with Crippen molar-refractivity contribution in [2.75, 3.05) is 0 Å². The van der Waals surface area contributed by atoms with Crippen molar-refractivity contribution in [2.24, 2.45) is 0 Å². The number of aliphatic hydroxyl groups is 1. The molecular weight excluding hydrogens is 227 g/mol. The van der Waals surface area contributed by atoms with Gasteiger partial charge in [0.25, 0.3) is 0 Å². The smallest absolute Gasteiger partial charge is 0.213 e. The Morgan fingerprint density at radius 2 is 2.35 bits per heavy atom. The van der Waals surface area contributed by atoms with Crippen molar-refractivity contribution >= 4 is 0 Å². The summed E-state index contributed by atoms with van der Waals surface area (Å²) in [5.41, 5.74) is 0.233. The van der Waals surface area contributed by atoms with Gasteiger partial charge in [-0.1, -0.05) is 5.16 Å². The second-order valence-corrected chi connectivity index (χ2v) is 3.50. The van der Waals surface area contributed by atoms with E-state index in [1.54, 1.807) is 6.07 Å². The average molecular weight is 238 g/mol. The van der Waals surface area contributed by atoms with E-state index in [1.807, 2.05) is 0 Å². The van der Waals surface area contributed by atoms with Crippen LogP contribution in [0.5, 0.6) is 5.75 Å². The third-order valence-corrected chi connectivity index (χ3v) is 2.20. The second-order valence-electron chi connectivity index (χ2n) is 3.50. The van der Waals surface area contributed by atoms with Gasteiger partial charge in [0.1, 0.15) is 11.6 Å². The van der Waals surface area contributed by atoms with Gasteiger partial charge in [-0.05, 0) is 19.1 Å². The molecule has 0 saturated heterocycles. The molecule has 5 nitrogen and oxygen atoms in total. The Kier molecular flexibility index (Phi) is 3.34. The first-order chi connectivity index (χ1) is 8.16. The molecule has 17 heavy (non-hydrogen) atoms. The molecule has 2 rings (SSSR count). The molecule has 0 spiro atoms. The van der Waals surface area contributed by atoms with Crippen LogP contribution in [0.2, 0.25) is 0 Å². The molecule has 1 aromatic heterocycles. The van der Waals surface area contributed by atoms with Crippen LogP contribution in [-0.2, 0) is 6.61 Å². The normalized spacial score (nSPS) is 12.4. The zero-order valence-corrected chi connectivity index (χ0v) is 9.13. The largest absolute Gasteiger partial charge is 0.485 e. The molecule has 0 bridgehead atoms. The lowest BCUT2D eigenvalue weighted by molar-refractivity contribution is 0.193. The fraction of sp³-hybridized carbons (Fsp3) is 0.273. The van der Waals surface area contributed by atoms with Crippen LogP contribution in [0, 0.1) is 5.82 Å².